The van der Waals surface area contributed by atoms with E-state index in [1.165, 1.54) is 4.68 Å². The third-order valence-electron chi connectivity index (χ3n) is 7.14. The number of fused-ring (bicyclic) bond motifs is 2. The summed E-state index contributed by atoms with van der Waals surface area (Å²) >= 11 is 0. The van der Waals surface area contributed by atoms with Crippen LogP contribution in [0.3, 0.4) is 0 Å². The molecule has 1 aliphatic heterocycles. The highest BCUT2D eigenvalue weighted by molar-refractivity contribution is 6.04. The maximum absolute atomic E-state index is 13.3. The van der Waals surface area contributed by atoms with E-state index in [9.17, 15) is 27.6 Å². The molecule has 0 unspecified atom stereocenters. The van der Waals surface area contributed by atoms with Crippen LogP contribution in [0.25, 0.3) is 10.9 Å². The molecular weight excluding hydrogens is 467 g/mol. The number of carbonyl (C=O) groups excluding carboxylic acids is 3. The van der Waals surface area contributed by atoms with Crippen LogP contribution in [-0.2, 0) is 20.9 Å². The molecule has 3 fully saturated rings. The molecule has 0 bridgehead atoms. The van der Waals surface area contributed by atoms with Crippen molar-refractivity contribution in [3.63, 3.8) is 0 Å². The quantitative estimate of drug-likeness (QED) is 0.639. The van der Waals surface area contributed by atoms with Gasteiger partial charge in [0.05, 0.1) is 11.6 Å². The lowest BCUT2D eigenvalue weighted by Crippen LogP contribution is -2.52. The number of aromatic nitrogens is 2. The van der Waals surface area contributed by atoms with Crippen molar-refractivity contribution in [1.29, 1.82) is 0 Å². The lowest BCUT2D eigenvalue weighted by atomic mass is 9.92. The zero-order valence-corrected chi connectivity index (χ0v) is 18.8. The van der Waals surface area contributed by atoms with Crippen molar-refractivity contribution >= 4 is 28.6 Å². The normalized spacial score (nSPS) is 28.1. The standard InChI is InChI=1S/C23H26F3N5O4/c24-23(25,26)35-14-5-3-4-13(10-14)28-22(34)18-9-12-8-17(12)31(18)19(32)11-30-16-7-2-1-6-15(16)20(29-30)21(27)33/h1-2,6-7,12-14,17-18H,3-5,8-11H2,(H2,27,33)(H,28,34)/t12-,13-,14-,17-,18+/m1/s1. The van der Waals surface area contributed by atoms with Gasteiger partial charge in [0, 0.05) is 17.5 Å². The second-order valence-corrected chi connectivity index (χ2v) is 9.56. The number of piperidine rings is 1. The van der Waals surface area contributed by atoms with Gasteiger partial charge < -0.3 is 16.0 Å². The average molecular weight is 493 g/mol. The number of nitrogens with one attached hydrogen (secondary N) is 1. The van der Waals surface area contributed by atoms with Gasteiger partial charge in [0.2, 0.25) is 11.8 Å². The molecule has 3 amide bonds. The molecule has 9 nitrogen and oxygen atoms in total. The number of likely N-dealkylation sites (tertiary alicyclic amines) is 1. The molecule has 3 N–H and O–H groups in total. The van der Waals surface area contributed by atoms with Crippen molar-refractivity contribution in [1.82, 2.24) is 20.0 Å². The number of carbonyl (C=O) groups is 3. The van der Waals surface area contributed by atoms with Crippen molar-refractivity contribution in [3.05, 3.63) is 30.0 Å². The Morgan fingerprint density at radius 2 is 1.91 bits per heavy atom. The van der Waals surface area contributed by atoms with E-state index in [0.717, 1.165) is 6.42 Å². The van der Waals surface area contributed by atoms with Gasteiger partial charge in [-0.2, -0.15) is 5.10 Å². The number of primary amides is 1. The highest BCUT2D eigenvalue weighted by Crippen LogP contribution is 2.48. The van der Waals surface area contributed by atoms with Crippen LogP contribution in [0.2, 0.25) is 0 Å². The van der Waals surface area contributed by atoms with Crippen LogP contribution in [0.1, 0.15) is 49.0 Å². The fraction of sp³-hybridized carbons (Fsp3) is 0.565. The van der Waals surface area contributed by atoms with Crippen LogP contribution >= 0.6 is 0 Å². The number of para-hydroxylation sites is 1. The Bertz CT molecular complexity index is 1170. The predicted molar refractivity (Wildman–Crippen MR) is 117 cm³/mol. The van der Waals surface area contributed by atoms with E-state index in [1.54, 1.807) is 29.2 Å². The van der Waals surface area contributed by atoms with Gasteiger partial charge in [-0.15, -0.1) is 13.2 Å². The Labute approximate surface area is 198 Å². The molecule has 1 aromatic carbocycles. The second-order valence-electron chi connectivity index (χ2n) is 9.56. The Balaban J connectivity index is 1.27. The van der Waals surface area contributed by atoms with Crippen molar-refractivity contribution in [2.45, 2.75) is 75.7 Å². The molecule has 5 atom stereocenters. The summed E-state index contributed by atoms with van der Waals surface area (Å²) in [7, 11) is 0. The number of alkyl halides is 3. The zero-order valence-electron chi connectivity index (χ0n) is 18.8. The molecule has 2 saturated carbocycles. The molecule has 1 saturated heterocycles. The lowest BCUT2D eigenvalue weighted by Gasteiger charge is -2.33. The summed E-state index contributed by atoms with van der Waals surface area (Å²) in [5, 5.41) is 7.62. The SMILES string of the molecule is NC(=O)c1nn(CC(=O)N2[C@@H]3C[C@@H]3C[C@H]2C(=O)N[C@@H]2CCC[C@@H](OC(F)(F)F)C2)c2ccccc12. The molecule has 2 aromatic rings. The summed E-state index contributed by atoms with van der Waals surface area (Å²) < 4.78 is 43.4. The first-order chi connectivity index (χ1) is 16.6. The van der Waals surface area contributed by atoms with Crippen LogP contribution in [-0.4, -0.2) is 63.0 Å². The number of nitrogens with two attached hydrogens (primary N) is 1. The van der Waals surface area contributed by atoms with Gasteiger partial charge >= 0.3 is 6.36 Å². The van der Waals surface area contributed by atoms with E-state index in [4.69, 9.17) is 5.73 Å². The summed E-state index contributed by atoms with van der Waals surface area (Å²) in [4.78, 5) is 39.8. The largest absolute Gasteiger partial charge is 0.522 e. The third-order valence-corrected chi connectivity index (χ3v) is 7.14. The molecule has 0 spiro atoms. The monoisotopic (exact) mass is 493 g/mol. The Morgan fingerprint density at radius 3 is 2.66 bits per heavy atom. The first-order valence-corrected chi connectivity index (χ1v) is 11.7. The molecule has 2 aliphatic carbocycles. The van der Waals surface area contributed by atoms with Gasteiger partial charge in [-0.3, -0.25) is 23.8 Å². The fourth-order valence-corrected chi connectivity index (χ4v) is 5.56. The Kier molecular flexibility index (Phi) is 5.94. The van der Waals surface area contributed by atoms with Crippen LogP contribution in [0.5, 0.6) is 0 Å². The van der Waals surface area contributed by atoms with E-state index in [2.05, 4.69) is 15.2 Å². The van der Waals surface area contributed by atoms with E-state index in [-0.39, 0.29) is 48.9 Å². The smallest absolute Gasteiger partial charge is 0.364 e. The number of halogens is 3. The zero-order chi connectivity index (χ0) is 24.9. The van der Waals surface area contributed by atoms with Crippen LogP contribution < -0.4 is 11.1 Å². The fourth-order valence-electron chi connectivity index (χ4n) is 5.56. The minimum absolute atomic E-state index is 0.0386. The highest BCUT2D eigenvalue weighted by Gasteiger charge is 2.56. The molecule has 5 rings (SSSR count). The van der Waals surface area contributed by atoms with E-state index in [0.29, 0.717) is 30.2 Å². The highest BCUT2D eigenvalue weighted by atomic mass is 19.4. The third kappa shape index (κ3) is 4.84. The topological polar surface area (TPSA) is 120 Å². The molecule has 188 valence electrons. The van der Waals surface area contributed by atoms with Crippen molar-refractivity contribution in [2.75, 3.05) is 0 Å². The predicted octanol–water partition coefficient (Wildman–Crippen LogP) is 2.09. The molecule has 3 aliphatic rings. The Hall–Kier alpha value is -3.15. The number of benzene rings is 1. The van der Waals surface area contributed by atoms with Crippen molar-refractivity contribution in [3.8, 4) is 0 Å². The van der Waals surface area contributed by atoms with Gasteiger partial charge in [0.15, 0.2) is 5.69 Å². The Morgan fingerprint density at radius 1 is 1.14 bits per heavy atom. The minimum Gasteiger partial charge on any atom is -0.364 e. The van der Waals surface area contributed by atoms with Crippen LogP contribution in [0.15, 0.2) is 24.3 Å². The number of hydrogen-bond acceptors (Lipinski definition) is 5. The van der Waals surface area contributed by atoms with Crippen molar-refractivity contribution in [2.24, 2.45) is 11.7 Å². The van der Waals surface area contributed by atoms with Gasteiger partial charge in [-0.25, -0.2) is 0 Å². The molecule has 35 heavy (non-hydrogen) atoms. The lowest BCUT2D eigenvalue weighted by molar-refractivity contribution is -0.345. The number of amides is 3. The maximum Gasteiger partial charge on any atom is 0.522 e. The molecular formula is C23H26F3N5O4. The summed E-state index contributed by atoms with van der Waals surface area (Å²) in [6.45, 7) is -0.161. The summed E-state index contributed by atoms with van der Waals surface area (Å²) in [6.07, 6.45) is -2.93. The molecule has 2 heterocycles. The summed E-state index contributed by atoms with van der Waals surface area (Å²) in [5.41, 5.74) is 6.09. The summed E-state index contributed by atoms with van der Waals surface area (Å²) in [5.74, 6) is -1.13. The van der Waals surface area contributed by atoms with Gasteiger partial charge in [-0.05, 0) is 50.5 Å². The maximum atomic E-state index is 13.3. The molecule has 0 radical (unpaired) electrons. The first kappa shape index (κ1) is 23.6. The van der Waals surface area contributed by atoms with E-state index < -0.39 is 30.5 Å². The minimum atomic E-state index is -4.71. The van der Waals surface area contributed by atoms with Gasteiger partial charge in [0.1, 0.15) is 12.6 Å². The first-order valence-electron chi connectivity index (χ1n) is 11.7. The summed E-state index contributed by atoms with van der Waals surface area (Å²) in [6, 6.07) is 5.78. The van der Waals surface area contributed by atoms with Gasteiger partial charge in [-0.1, -0.05) is 18.2 Å². The van der Waals surface area contributed by atoms with E-state index >= 15 is 0 Å². The second kappa shape index (κ2) is 8.81. The van der Waals surface area contributed by atoms with E-state index in [1.807, 2.05) is 0 Å². The number of nitrogens with zero attached hydrogens (tertiary/aromatic N) is 3. The van der Waals surface area contributed by atoms with Crippen molar-refractivity contribution < 1.29 is 32.3 Å². The van der Waals surface area contributed by atoms with Crippen LogP contribution in [0.4, 0.5) is 13.2 Å². The number of ether oxygens (including phenoxy) is 1. The molecule has 1 aromatic heterocycles. The number of rotatable bonds is 6. The average Bonchev–Trinajstić information content (AvgIpc) is 3.28. The van der Waals surface area contributed by atoms with Crippen LogP contribution in [0, 0.1) is 5.92 Å². The number of hydrogen-bond donors (Lipinski definition) is 2. The van der Waals surface area contributed by atoms with Gasteiger partial charge in [0.25, 0.3) is 5.91 Å². The molecule has 12 heteroatoms.